The van der Waals surface area contributed by atoms with Crippen LogP contribution in [0.25, 0.3) is 16.6 Å². The van der Waals surface area contributed by atoms with Crippen molar-refractivity contribution in [1.29, 1.82) is 0 Å². The molecule has 0 spiro atoms. The SMILES string of the molecule is CCCCCCCC(=O)OC[C@H](NC(=O)OC(C)C)C(=O)Nc1ccc2cnn(-c3cccc(C)c3)c2c1. The summed E-state index contributed by atoms with van der Waals surface area (Å²) in [7, 11) is 0. The number of fused-ring (bicyclic) bond motifs is 1. The number of esters is 1. The van der Waals surface area contributed by atoms with Gasteiger partial charge in [-0.1, -0.05) is 44.7 Å². The quantitative estimate of drug-likeness (QED) is 0.221. The highest BCUT2D eigenvalue weighted by Crippen LogP contribution is 2.23. The van der Waals surface area contributed by atoms with Gasteiger partial charge in [0.2, 0.25) is 0 Å². The van der Waals surface area contributed by atoms with Crippen molar-refractivity contribution in [2.24, 2.45) is 0 Å². The number of nitrogens with zero attached hydrogens (tertiary/aromatic N) is 2. The number of hydrogen-bond acceptors (Lipinski definition) is 6. The van der Waals surface area contributed by atoms with Crippen molar-refractivity contribution in [3.63, 3.8) is 0 Å². The van der Waals surface area contributed by atoms with E-state index in [2.05, 4.69) is 22.7 Å². The number of rotatable bonds is 13. The molecule has 2 amide bonds. The van der Waals surface area contributed by atoms with Gasteiger partial charge in [-0.2, -0.15) is 5.10 Å². The summed E-state index contributed by atoms with van der Waals surface area (Å²) in [5.74, 6) is -0.927. The minimum atomic E-state index is -1.12. The highest BCUT2D eigenvalue weighted by Gasteiger charge is 2.24. The van der Waals surface area contributed by atoms with Crippen LogP contribution < -0.4 is 10.6 Å². The highest BCUT2D eigenvalue weighted by atomic mass is 16.6. The van der Waals surface area contributed by atoms with Gasteiger partial charge in [0.15, 0.2) is 0 Å². The summed E-state index contributed by atoms with van der Waals surface area (Å²) in [6.07, 6.45) is 5.92. The van der Waals surface area contributed by atoms with Crippen LogP contribution in [-0.4, -0.2) is 46.5 Å². The third kappa shape index (κ3) is 8.61. The topological polar surface area (TPSA) is 112 Å². The molecule has 0 aliphatic heterocycles. The zero-order valence-electron chi connectivity index (χ0n) is 22.7. The van der Waals surface area contributed by atoms with E-state index in [1.165, 1.54) is 0 Å². The van der Waals surface area contributed by atoms with E-state index in [9.17, 15) is 14.4 Å². The summed E-state index contributed by atoms with van der Waals surface area (Å²) in [4.78, 5) is 37.6. The number of anilines is 1. The predicted molar refractivity (Wildman–Crippen MR) is 147 cm³/mol. The fraction of sp³-hybridized carbons (Fsp3) is 0.448. The summed E-state index contributed by atoms with van der Waals surface area (Å²) in [5.41, 5.74) is 3.34. The number of aryl methyl sites for hydroxylation is 1. The number of hydrogen-bond donors (Lipinski definition) is 2. The average molecular weight is 523 g/mol. The van der Waals surface area contributed by atoms with Gasteiger partial charge in [-0.25, -0.2) is 9.48 Å². The first-order chi connectivity index (χ1) is 18.3. The predicted octanol–water partition coefficient (Wildman–Crippen LogP) is 5.68. The molecule has 0 aliphatic carbocycles. The normalized spacial score (nSPS) is 11.8. The van der Waals surface area contributed by atoms with E-state index in [1.807, 2.05) is 43.3 Å². The molecule has 2 aromatic carbocycles. The molecule has 0 aliphatic rings. The largest absolute Gasteiger partial charge is 0.463 e. The molecule has 204 valence electrons. The van der Waals surface area contributed by atoms with Crippen LogP contribution in [0.4, 0.5) is 10.5 Å². The maximum absolute atomic E-state index is 13.2. The van der Waals surface area contributed by atoms with Crippen LogP contribution in [0.1, 0.15) is 64.9 Å². The Bertz CT molecular complexity index is 1240. The number of ether oxygens (including phenoxy) is 2. The maximum Gasteiger partial charge on any atom is 0.408 e. The molecule has 0 bridgehead atoms. The van der Waals surface area contributed by atoms with Crippen LogP contribution >= 0.6 is 0 Å². The lowest BCUT2D eigenvalue weighted by Gasteiger charge is -2.19. The Hall–Kier alpha value is -3.88. The van der Waals surface area contributed by atoms with Gasteiger partial charge in [-0.3, -0.25) is 9.59 Å². The Balaban J connectivity index is 1.70. The highest BCUT2D eigenvalue weighted by molar-refractivity contribution is 5.98. The van der Waals surface area contributed by atoms with Crippen LogP contribution in [0.15, 0.2) is 48.7 Å². The summed E-state index contributed by atoms with van der Waals surface area (Å²) in [5, 5.41) is 10.7. The van der Waals surface area contributed by atoms with E-state index in [0.717, 1.165) is 54.3 Å². The number of nitrogens with one attached hydrogen (secondary N) is 2. The van der Waals surface area contributed by atoms with E-state index in [0.29, 0.717) is 5.69 Å². The van der Waals surface area contributed by atoms with E-state index in [-0.39, 0.29) is 19.1 Å². The monoisotopic (exact) mass is 522 g/mol. The lowest BCUT2D eigenvalue weighted by molar-refractivity contribution is -0.145. The lowest BCUT2D eigenvalue weighted by atomic mass is 10.1. The minimum absolute atomic E-state index is 0.272. The Kier molecular flexibility index (Phi) is 10.7. The fourth-order valence-electron chi connectivity index (χ4n) is 3.99. The Morgan fingerprint density at radius 2 is 1.82 bits per heavy atom. The summed E-state index contributed by atoms with van der Waals surface area (Å²) < 4.78 is 12.3. The molecule has 0 fully saturated rings. The number of carbonyl (C=O) groups is 3. The minimum Gasteiger partial charge on any atom is -0.463 e. The average Bonchev–Trinajstić information content (AvgIpc) is 3.29. The van der Waals surface area contributed by atoms with E-state index in [4.69, 9.17) is 9.47 Å². The zero-order chi connectivity index (χ0) is 27.5. The van der Waals surface area contributed by atoms with Gasteiger partial charge in [0.1, 0.15) is 12.6 Å². The van der Waals surface area contributed by atoms with Gasteiger partial charge in [-0.15, -0.1) is 0 Å². The van der Waals surface area contributed by atoms with Crippen molar-refractivity contribution in [2.75, 3.05) is 11.9 Å². The van der Waals surface area contributed by atoms with E-state index in [1.54, 1.807) is 30.8 Å². The first-order valence-electron chi connectivity index (χ1n) is 13.2. The number of aromatic nitrogens is 2. The molecule has 3 aromatic rings. The van der Waals surface area contributed by atoms with Gasteiger partial charge in [0.05, 0.1) is 23.5 Å². The van der Waals surface area contributed by atoms with Gasteiger partial charge >= 0.3 is 12.1 Å². The van der Waals surface area contributed by atoms with Gasteiger partial charge < -0.3 is 20.1 Å². The number of amides is 2. The molecule has 0 saturated carbocycles. The Morgan fingerprint density at radius 3 is 2.55 bits per heavy atom. The molecule has 38 heavy (non-hydrogen) atoms. The Morgan fingerprint density at radius 1 is 1.03 bits per heavy atom. The second kappa shape index (κ2) is 14.2. The molecule has 1 heterocycles. The van der Waals surface area contributed by atoms with Crippen molar-refractivity contribution in [2.45, 2.75) is 78.4 Å². The van der Waals surface area contributed by atoms with Crippen LogP contribution in [0.5, 0.6) is 0 Å². The molecule has 1 aromatic heterocycles. The third-order valence-electron chi connectivity index (χ3n) is 5.93. The van der Waals surface area contributed by atoms with Crippen LogP contribution in [0.3, 0.4) is 0 Å². The molecular weight excluding hydrogens is 484 g/mol. The van der Waals surface area contributed by atoms with Crippen molar-refractivity contribution in [1.82, 2.24) is 15.1 Å². The molecule has 0 saturated heterocycles. The molecule has 0 radical (unpaired) electrons. The molecule has 1 atom stereocenters. The molecule has 9 nitrogen and oxygen atoms in total. The maximum atomic E-state index is 13.2. The first kappa shape index (κ1) is 28.7. The first-order valence-corrected chi connectivity index (χ1v) is 13.2. The molecule has 9 heteroatoms. The summed E-state index contributed by atoms with van der Waals surface area (Å²) in [6, 6.07) is 12.3. The second-order valence-corrected chi connectivity index (χ2v) is 9.66. The lowest BCUT2D eigenvalue weighted by Crippen LogP contribution is -2.47. The molecule has 2 N–H and O–H groups in total. The molecule has 0 unspecified atom stereocenters. The van der Waals surface area contributed by atoms with Crippen LogP contribution in [-0.2, 0) is 19.1 Å². The van der Waals surface area contributed by atoms with Crippen molar-refractivity contribution >= 4 is 34.6 Å². The van der Waals surface area contributed by atoms with Crippen LogP contribution in [0, 0.1) is 6.92 Å². The molecular formula is C29H38N4O5. The Labute approximate surface area is 223 Å². The van der Waals surface area contributed by atoms with Gasteiger partial charge in [-0.05, 0) is 63.1 Å². The molecule has 3 rings (SSSR count). The summed E-state index contributed by atoms with van der Waals surface area (Å²) in [6.45, 7) is 7.26. The van der Waals surface area contributed by atoms with Crippen molar-refractivity contribution in [3.8, 4) is 5.69 Å². The van der Waals surface area contributed by atoms with Crippen molar-refractivity contribution < 1.29 is 23.9 Å². The number of alkyl carbamates (subject to hydrolysis) is 1. The number of unbranched alkanes of at least 4 members (excludes halogenated alkanes) is 4. The number of benzene rings is 2. The van der Waals surface area contributed by atoms with E-state index < -0.39 is 24.0 Å². The van der Waals surface area contributed by atoms with Gasteiger partial charge in [0.25, 0.3) is 5.91 Å². The van der Waals surface area contributed by atoms with E-state index >= 15 is 0 Å². The standard InChI is InChI=1S/C29H38N4O5/c1-5-6-7-8-9-13-27(34)37-19-25(32-29(36)38-20(2)3)28(35)31-23-15-14-22-18-30-33(26(22)17-23)24-12-10-11-21(4)16-24/h10-12,14-18,20,25H,5-9,13,19H2,1-4H3,(H,31,35)(H,32,36)/t25-/m0/s1. The second-order valence-electron chi connectivity index (χ2n) is 9.66. The summed E-state index contributed by atoms with van der Waals surface area (Å²) >= 11 is 0. The smallest absolute Gasteiger partial charge is 0.408 e. The van der Waals surface area contributed by atoms with Crippen molar-refractivity contribution in [3.05, 3.63) is 54.2 Å². The zero-order valence-corrected chi connectivity index (χ0v) is 22.7. The third-order valence-corrected chi connectivity index (χ3v) is 5.93. The fourth-order valence-corrected chi connectivity index (χ4v) is 3.99. The van der Waals surface area contributed by atoms with Crippen LogP contribution in [0.2, 0.25) is 0 Å². The van der Waals surface area contributed by atoms with Gasteiger partial charge in [0, 0.05) is 17.5 Å². The number of carbonyl (C=O) groups excluding carboxylic acids is 3.